The lowest BCUT2D eigenvalue weighted by Gasteiger charge is -2.19. The van der Waals surface area contributed by atoms with E-state index in [0.29, 0.717) is 18.9 Å². The number of amides is 1. The molecule has 0 unspecified atom stereocenters. The third-order valence-corrected chi connectivity index (χ3v) is 2.48. The molecule has 0 aliphatic heterocycles. The van der Waals surface area contributed by atoms with Crippen molar-refractivity contribution < 1.29 is 4.79 Å². The van der Waals surface area contributed by atoms with Crippen molar-refractivity contribution in [3.8, 4) is 6.07 Å². The monoisotopic (exact) mass is 195 g/mol. The van der Waals surface area contributed by atoms with Crippen molar-refractivity contribution in [1.29, 1.82) is 5.26 Å². The highest BCUT2D eigenvalue weighted by molar-refractivity contribution is 5.75. The molecule has 0 atom stereocenters. The fourth-order valence-corrected chi connectivity index (χ4v) is 1.48. The lowest BCUT2D eigenvalue weighted by Crippen LogP contribution is -2.31. The second kappa shape index (κ2) is 5.61. The molecule has 0 aromatic rings. The Bertz CT molecular complexity index is 230. The molecule has 0 radical (unpaired) electrons. The van der Waals surface area contributed by atoms with Crippen molar-refractivity contribution in [2.75, 3.05) is 20.1 Å². The first kappa shape index (κ1) is 11.0. The average Bonchev–Trinajstić information content (AvgIpc) is 3.01. The summed E-state index contributed by atoms with van der Waals surface area (Å²) in [6.45, 7) is 1.59. The fraction of sp³-hybridized carbons (Fsp3) is 0.800. The third kappa shape index (κ3) is 3.75. The topological polar surface area (TPSA) is 56.1 Å². The minimum absolute atomic E-state index is 0.0765. The van der Waals surface area contributed by atoms with Crippen LogP contribution in [0.1, 0.15) is 25.7 Å². The van der Waals surface area contributed by atoms with Gasteiger partial charge in [-0.15, -0.1) is 0 Å². The minimum atomic E-state index is 0.0765. The van der Waals surface area contributed by atoms with E-state index in [1.165, 1.54) is 12.8 Å². The quantitative estimate of drug-likeness (QED) is 0.671. The van der Waals surface area contributed by atoms with E-state index in [9.17, 15) is 4.79 Å². The van der Waals surface area contributed by atoms with E-state index in [-0.39, 0.29) is 5.91 Å². The van der Waals surface area contributed by atoms with Gasteiger partial charge in [-0.1, -0.05) is 0 Å². The maximum Gasteiger partial charge on any atom is 0.221 e. The smallest absolute Gasteiger partial charge is 0.221 e. The molecule has 0 aromatic carbocycles. The van der Waals surface area contributed by atoms with Gasteiger partial charge in [-0.25, -0.2) is 0 Å². The van der Waals surface area contributed by atoms with Gasteiger partial charge in [0.05, 0.1) is 6.07 Å². The summed E-state index contributed by atoms with van der Waals surface area (Å²) in [6.07, 6.45) is 3.54. The van der Waals surface area contributed by atoms with Gasteiger partial charge in [-0.2, -0.15) is 5.26 Å². The molecule has 1 N–H and O–H groups in total. The zero-order valence-corrected chi connectivity index (χ0v) is 8.62. The summed E-state index contributed by atoms with van der Waals surface area (Å²) in [5.74, 6) is 0.0765. The molecule has 0 bridgehead atoms. The van der Waals surface area contributed by atoms with Gasteiger partial charge in [0.15, 0.2) is 0 Å². The third-order valence-electron chi connectivity index (χ3n) is 2.48. The Kier molecular flexibility index (Phi) is 4.41. The normalized spacial score (nSPS) is 15.2. The summed E-state index contributed by atoms with van der Waals surface area (Å²) in [7, 11) is 1.65. The molecule has 0 aromatic heterocycles. The Morgan fingerprint density at radius 2 is 2.29 bits per heavy atom. The van der Waals surface area contributed by atoms with Gasteiger partial charge < -0.3 is 5.32 Å². The predicted molar refractivity (Wildman–Crippen MR) is 53.5 cm³/mol. The highest BCUT2D eigenvalue weighted by Crippen LogP contribution is 2.26. The summed E-state index contributed by atoms with van der Waals surface area (Å²) in [4.78, 5) is 13.3. The fourth-order valence-electron chi connectivity index (χ4n) is 1.48. The Morgan fingerprint density at radius 3 is 2.79 bits per heavy atom. The van der Waals surface area contributed by atoms with Gasteiger partial charge >= 0.3 is 0 Å². The summed E-state index contributed by atoms with van der Waals surface area (Å²) in [6, 6.07) is 2.77. The zero-order chi connectivity index (χ0) is 10.4. The molecule has 1 aliphatic rings. The summed E-state index contributed by atoms with van der Waals surface area (Å²) in [5.41, 5.74) is 0. The molecule has 1 aliphatic carbocycles. The van der Waals surface area contributed by atoms with E-state index >= 15 is 0 Å². The van der Waals surface area contributed by atoms with Crippen molar-refractivity contribution in [1.82, 2.24) is 10.2 Å². The molecule has 1 saturated carbocycles. The number of hydrogen-bond donors (Lipinski definition) is 1. The van der Waals surface area contributed by atoms with Crippen LogP contribution in [0.2, 0.25) is 0 Å². The van der Waals surface area contributed by atoms with E-state index in [4.69, 9.17) is 5.26 Å². The van der Waals surface area contributed by atoms with Gasteiger partial charge in [-0.05, 0) is 12.8 Å². The summed E-state index contributed by atoms with van der Waals surface area (Å²) >= 11 is 0. The molecular weight excluding hydrogens is 178 g/mol. The summed E-state index contributed by atoms with van der Waals surface area (Å²) in [5, 5.41) is 11.1. The second-order valence-corrected chi connectivity index (χ2v) is 3.60. The first-order chi connectivity index (χ1) is 6.77. The van der Waals surface area contributed by atoms with Crippen LogP contribution in [0, 0.1) is 11.3 Å². The number of nitriles is 1. The molecule has 1 rings (SSSR count). The van der Waals surface area contributed by atoms with Gasteiger partial charge in [0, 0.05) is 39.0 Å². The summed E-state index contributed by atoms with van der Waals surface area (Å²) < 4.78 is 0. The maximum absolute atomic E-state index is 11.0. The molecular formula is C10H17N3O. The number of carbonyl (C=O) groups excluding carboxylic acids is 1. The van der Waals surface area contributed by atoms with E-state index in [1.54, 1.807) is 7.05 Å². The molecule has 0 spiro atoms. The molecule has 4 heteroatoms. The molecule has 14 heavy (non-hydrogen) atoms. The average molecular weight is 195 g/mol. The molecule has 1 fully saturated rings. The largest absolute Gasteiger partial charge is 0.359 e. The van der Waals surface area contributed by atoms with Gasteiger partial charge in [-0.3, -0.25) is 9.69 Å². The molecule has 0 heterocycles. The molecule has 4 nitrogen and oxygen atoms in total. The van der Waals surface area contributed by atoms with Crippen LogP contribution in [-0.4, -0.2) is 37.0 Å². The number of nitrogens with zero attached hydrogens (tertiary/aromatic N) is 2. The first-order valence-corrected chi connectivity index (χ1v) is 5.09. The Morgan fingerprint density at radius 1 is 1.57 bits per heavy atom. The SMILES string of the molecule is CNC(=O)CCN(CCC#N)C1CC1. The second-order valence-electron chi connectivity index (χ2n) is 3.60. The van der Waals surface area contributed by atoms with Crippen molar-refractivity contribution >= 4 is 5.91 Å². The van der Waals surface area contributed by atoms with Crippen LogP contribution in [0.15, 0.2) is 0 Å². The molecule has 0 saturated heterocycles. The van der Waals surface area contributed by atoms with Gasteiger partial charge in [0.2, 0.25) is 5.91 Å². The van der Waals surface area contributed by atoms with Crippen molar-refractivity contribution in [3.05, 3.63) is 0 Å². The number of rotatable bonds is 6. The Hall–Kier alpha value is -1.08. The maximum atomic E-state index is 11.0. The van der Waals surface area contributed by atoms with Crippen LogP contribution in [0.5, 0.6) is 0 Å². The standard InChI is InChI=1S/C10H17N3O/c1-12-10(14)5-8-13(7-2-6-11)9-3-4-9/h9H,2-5,7-8H2,1H3,(H,12,14). The molecule has 78 valence electrons. The van der Waals surface area contributed by atoms with E-state index in [1.807, 2.05) is 0 Å². The lowest BCUT2D eigenvalue weighted by molar-refractivity contribution is -0.120. The first-order valence-electron chi connectivity index (χ1n) is 5.09. The highest BCUT2D eigenvalue weighted by atomic mass is 16.1. The van der Waals surface area contributed by atoms with Crippen LogP contribution in [-0.2, 0) is 4.79 Å². The van der Waals surface area contributed by atoms with Gasteiger partial charge in [0.1, 0.15) is 0 Å². The van der Waals surface area contributed by atoms with Crippen molar-refractivity contribution in [2.24, 2.45) is 0 Å². The minimum Gasteiger partial charge on any atom is -0.359 e. The van der Waals surface area contributed by atoms with E-state index in [0.717, 1.165) is 13.1 Å². The number of hydrogen-bond acceptors (Lipinski definition) is 3. The van der Waals surface area contributed by atoms with E-state index in [2.05, 4.69) is 16.3 Å². The Balaban J connectivity index is 2.21. The zero-order valence-electron chi connectivity index (χ0n) is 8.62. The Labute approximate surface area is 84.9 Å². The van der Waals surface area contributed by atoms with Crippen LogP contribution in [0.25, 0.3) is 0 Å². The lowest BCUT2D eigenvalue weighted by atomic mass is 10.3. The molecule has 1 amide bonds. The predicted octanol–water partition coefficient (Wildman–Crippen LogP) is 0.501. The highest BCUT2D eigenvalue weighted by Gasteiger charge is 2.28. The van der Waals surface area contributed by atoms with Crippen molar-refractivity contribution in [2.45, 2.75) is 31.7 Å². The van der Waals surface area contributed by atoms with Gasteiger partial charge in [0.25, 0.3) is 0 Å². The van der Waals surface area contributed by atoms with Crippen LogP contribution in [0.4, 0.5) is 0 Å². The number of carbonyl (C=O) groups is 1. The van der Waals surface area contributed by atoms with Crippen molar-refractivity contribution in [3.63, 3.8) is 0 Å². The van der Waals surface area contributed by atoms with E-state index < -0.39 is 0 Å². The number of nitrogens with one attached hydrogen (secondary N) is 1. The van der Waals surface area contributed by atoms with Crippen LogP contribution < -0.4 is 5.32 Å². The van der Waals surface area contributed by atoms with Crippen LogP contribution in [0.3, 0.4) is 0 Å². The van der Waals surface area contributed by atoms with Crippen LogP contribution >= 0.6 is 0 Å².